The lowest BCUT2D eigenvalue weighted by atomic mass is 9.83. The van der Waals surface area contributed by atoms with Crippen LogP contribution in [0.15, 0.2) is 10.2 Å². The molecule has 0 aromatic heterocycles. The highest BCUT2D eigenvalue weighted by Crippen LogP contribution is 2.26. The van der Waals surface area contributed by atoms with Crippen LogP contribution in [-0.2, 0) is 0 Å². The van der Waals surface area contributed by atoms with Gasteiger partial charge in [-0.2, -0.15) is 20.8 Å². The number of azo groups is 1. The van der Waals surface area contributed by atoms with Gasteiger partial charge in [0.2, 0.25) is 0 Å². The first-order valence-corrected chi connectivity index (χ1v) is 7.07. The summed E-state index contributed by atoms with van der Waals surface area (Å²) in [5.74, 6) is 6.75. The predicted molar refractivity (Wildman–Crippen MR) is 79.6 cm³/mol. The molecule has 0 amide bonds. The first-order chi connectivity index (χ1) is 9.44. The molecular weight excluding hydrogens is 248 g/mol. The van der Waals surface area contributed by atoms with E-state index in [-0.39, 0.29) is 11.5 Å². The molecule has 0 N–H and O–H groups in total. The molecule has 0 aliphatic carbocycles. The molecule has 0 fully saturated rings. The second-order valence-electron chi connectivity index (χ2n) is 5.60. The van der Waals surface area contributed by atoms with E-state index >= 15 is 0 Å². The van der Waals surface area contributed by atoms with Crippen molar-refractivity contribution in [2.75, 3.05) is 6.54 Å². The Morgan fingerprint density at radius 3 is 2.30 bits per heavy atom. The highest BCUT2D eigenvalue weighted by atomic mass is 15.1. The predicted octanol–water partition coefficient (Wildman–Crippen LogP) is 4.10. The van der Waals surface area contributed by atoms with Crippen molar-refractivity contribution < 1.29 is 0 Å². The maximum atomic E-state index is 8.75. The van der Waals surface area contributed by atoms with Crippen LogP contribution in [0.1, 0.15) is 53.4 Å². The summed E-state index contributed by atoms with van der Waals surface area (Å²) >= 11 is 0. The lowest BCUT2D eigenvalue weighted by Crippen LogP contribution is -2.26. The van der Waals surface area contributed by atoms with E-state index in [4.69, 9.17) is 10.5 Å². The van der Waals surface area contributed by atoms with Crippen LogP contribution in [0.5, 0.6) is 0 Å². The van der Waals surface area contributed by atoms with Crippen molar-refractivity contribution in [1.29, 1.82) is 10.5 Å². The number of rotatable bonds is 7. The van der Waals surface area contributed by atoms with E-state index in [1.807, 2.05) is 13.8 Å². The Balaban J connectivity index is 4.75. The molecule has 0 heterocycles. The Morgan fingerprint density at radius 1 is 1.10 bits per heavy atom. The fourth-order valence-electron chi connectivity index (χ4n) is 1.56. The zero-order valence-electron chi connectivity index (χ0n) is 13.0. The SMILES string of the molecule is CC(C)C#CC(C)(C)C(CCC#N)N=NCCCC#N. The number of hydrogen-bond donors (Lipinski definition) is 0. The van der Waals surface area contributed by atoms with Gasteiger partial charge in [0.25, 0.3) is 0 Å². The van der Waals surface area contributed by atoms with Crippen LogP contribution >= 0.6 is 0 Å². The van der Waals surface area contributed by atoms with Gasteiger partial charge in [0.1, 0.15) is 0 Å². The van der Waals surface area contributed by atoms with Crippen molar-refractivity contribution in [3.8, 4) is 24.0 Å². The fraction of sp³-hybridized carbons (Fsp3) is 0.750. The van der Waals surface area contributed by atoms with Crippen molar-refractivity contribution >= 4 is 0 Å². The standard InChI is InChI=1S/C16H24N4/c1-14(2)9-10-16(3,4)15(8-7-12-18)20-19-13-6-5-11-17/h14-15H,5-8,13H2,1-4H3. The Bertz CT molecular complexity index is 438. The van der Waals surface area contributed by atoms with E-state index < -0.39 is 0 Å². The second-order valence-corrected chi connectivity index (χ2v) is 5.60. The minimum Gasteiger partial charge on any atom is -0.198 e. The summed E-state index contributed by atoms with van der Waals surface area (Å²) in [6.07, 6.45) is 2.34. The molecule has 0 aliphatic rings. The highest BCUT2D eigenvalue weighted by molar-refractivity contribution is 5.14. The van der Waals surface area contributed by atoms with E-state index in [1.54, 1.807) is 0 Å². The summed E-state index contributed by atoms with van der Waals surface area (Å²) in [5, 5.41) is 25.7. The Labute approximate surface area is 122 Å². The first-order valence-electron chi connectivity index (χ1n) is 7.07. The smallest absolute Gasteiger partial charge is 0.0877 e. The summed E-state index contributed by atoms with van der Waals surface area (Å²) in [4.78, 5) is 0. The quantitative estimate of drug-likeness (QED) is 0.397. The van der Waals surface area contributed by atoms with E-state index in [0.717, 1.165) is 6.42 Å². The third-order valence-electron chi connectivity index (χ3n) is 2.81. The molecule has 0 aliphatic heterocycles. The van der Waals surface area contributed by atoms with Crippen molar-refractivity contribution in [2.24, 2.45) is 21.6 Å². The Kier molecular flexibility index (Phi) is 9.06. The molecule has 0 rings (SSSR count). The molecule has 4 nitrogen and oxygen atoms in total. The largest absolute Gasteiger partial charge is 0.198 e. The normalized spacial score (nSPS) is 12.6. The van der Waals surface area contributed by atoms with E-state index in [1.165, 1.54) is 0 Å². The molecule has 0 aromatic carbocycles. The molecular formula is C16H24N4. The number of nitriles is 2. The molecule has 0 saturated heterocycles. The molecule has 0 bridgehead atoms. The van der Waals surface area contributed by atoms with Gasteiger partial charge in [-0.1, -0.05) is 25.7 Å². The molecule has 20 heavy (non-hydrogen) atoms. The van der Waals surface area contributed by atoms with Crippen molar-refractivity contribution in [3.63, 3.8) is 0 Å². The number of unbranched alkanes of at least 4 members (excludes halogenated alkanes) is 1. The average molecular weight is 272 g/mol. The molecule has 4 heteroatoms. The van der Waals surface area contributed by atoms with Crippen LogP contribution < -0.4 is 0 Å². The first kappa shape index (κ1) is 18.1. The fourth-order valence-corrected chi connectivity index (χ4v) is 1.56. The van der Waals surface area contributed by atoms with Crippen molar-refractivity contribution in [3.05, 3.63) is 0 Å². The van der Waals surface area contributed by atoms with E-state index in [9.17, 15) is 0 Å². The molecule has 0 radical (unpaired) electrons. The second kappa shape index (κ2) is 9.99. The highest BCUT2D eigenvalue weighted by Gasteiger charge is 2.27. The van der Waals surface area contributed by atoms with Crippen molar-refractivity contribution in [2.45, 2.75) is 59.4 Å². The van der Waals surface area contributed by atoms with Crippen LogP contribution in [-0.4, -0.2) is 12.6 Å². The lowest BCUT2D eigenvalue weighted by Gasteiger charge is -2.24. The summed E-state index contributed by atoms with van der Waals surface area (Å²) in [5.41, 5.74) is -0.292. The number of nitrogens with zero attached hydrogens (tertiary/aromatic N) is 4. The average Bonchev–Trinajstić information content (AvgIpc) is 2.39. The number of hydrogen-bond acceptors (Lipinski definition) is 4. The molecule has 0 saturated carbocycles. The summed E-state index contributed by atoms with van der Waals surface area (Å²) in [6, 6.07) is 4.17. The monoisotopic (exact) mass is 272 g/mol. The summed E-state index contributed by atoms with van der Waals surface area (Å²) < 4.78 is 0. The minimum absolute atomic E-state index is 0.0736. The molecule has 1 atom stereocenters. The maximum absolute atomic E-state index is 8.75. The van der Waals surface area contributed by atoms with Crippen LogP contribution in [0.2, 0.25) is 0 Å². The lowest BCUT2D eigenvalue weighted by molar-refractivity contribution is 0.358. The maximum Gasteiger partial charge on any atom is 0.0877 e. The topological polar surface area (TPSA) is 72.3 Å². The molecule has 1 unspecified atom stereocenters. The van der Waals surface area contributed by atoms with Gasteiger partial charge in [0.15, 0.2) is 0 Å². The van der Waals surface area contributed by atoms with E-state index in [0.29, 0.717) is 31.7 Å². The zero-order chi connectivity index (χ0) is 15.4. The van der Waals surface area contributed by atoms with Crippen LogP contribution in [0.3, 0.4) is 0 Å². The molecule has 0 aromatic rings. The van der Waals surface area contributed by atoms with Gasteiger partial charge < -0.3 is 0 Å². The van der Waals surface area contributed by atoms with Crippen LogP contribution in [0.25, 0.3) is 0 Å². The van der Waals surface area contributed by atoms with Crippen LogP contribution in [0, 0.1) is 45.8 Å². The van der Waals surface area contributed by atoms with Gasteiger partial charge in [-0.15, -0.1) is 0 Å². The van der Waals surface area contributed by atoms with Gasteiger partial charge >= 0.3 is 0 Å². The Hall–Kier alpha value is -1.86. The summed E-state index contributed by atoms with van der Waals surface area (Å²) in [7, 11) is 0. The third kappa shape index (κ3) is 8.28. The van der Waals surface area contributed by atoms with Gasteiger partial charge in [-0.05, 0) is 26.7 Å². The summed E-state index contributed by atoms with van der Waals surface area (Å²) in [6.45, 7) is 8.75. The van der Waals surface area contributed by atoms with Gasteiger partial charge in [-0.3, -0.25) is 0 Å². The molecule has 0 spiro atoms. The Morgan fingerprint density at radius 2 is 1.75 bits per heavy atom. The zero-order valence-corrected chi connectivity index (χ0v) is 13.0. The van der Waals surface area contributed by atoms with Crippen LogP contribution in [0.4, 0.5) is 0 Å². The third-order valence-corrected chi connectivity index (χ3v) is 2.81. The molecule has 108 valence electrons. The minimum atomic E-state index is -0.292. The van der Waals surface area contributed by atoms with Gasteiger partial charge in [0.05, 0.1) is 24.7 Å². The van der Waals surface area contributed by atoms with Gasteiger partial charge in [-0.25, -0.2) is 0 Å². The van der Waals surface area contributed by atoms with Gasteiger partial charge in [0, 0.05) is 24.2 Å². The van der Waals surface area contributed by atoms with E-state index in [2.05, 4.69) is 48.1 Å². The van der Waals surface area contributed by atoms with Crippen molar-refractivity contribution in [1.82, 2.24) is 0 Å².